The van der Waals surface area contributed by atoms with Crippen LogP contribution < -0.4 is 5.69 Å². The maximum atomic E-state index is 12.4. The van der Waals surface area contributed by atoms with E-state index in [1.165, 1.54) is 24.3 Å². The number of hydrogen-bond donors (Lipinski definition) is 0. The summed E-state index contributed by atoms with van der Waals surface area (Å²) >= 11 is 5.77. The molecular formula is C14H11ClF3N3O3. The molecule has 0 radical (unpaired) electrons. The molecule has 1 aromatic heterocycles. The molecule has 0 aliphatic heterocycles. The molecular weight excluding hydrogens is 351 g/mol. The summed E-state index contributed by atoms with van der Waals surface area (Å²) < 4.78 is 43.1. The van der Waals surface area contributed by atoms with E-state index in [4.69, 9.17) is 11.6 Å². The number of rotatable bonds is 4. The van der Waals surface area contributed by atoms with Crippen molar-refractivity contribution in [2.75, 3.05) is 7.11 Å². The topological polar surface area (TPSA) is 66.1 Å². The highest BCUT2D eigenvalue weighted by molar-refractivity contribution is 6.30. The SMILES string of the molecule is COC(=O)Cn1nc(-c2ccc(Cl)cc2)n(C=CC(F)(F)F)c1=O. The average Bonchev–Trinajstić information content (AvgIpc) is 2.81. The Morgan fingerprint density at radius 2 is 1.96 bits per heavy atom. The second-order valence-electron chi connectivity index (χ2n) is 4.57. The van der Waals surface area contributed by atoms with Crippen LogP contribution in [0.2, 0.25) is 5.02 Å². The molecule has 0 bridgehead atoms. The third-order valence-corrected chi connectivity index (χ3v) is 3.14. The Morgan fingerprint density at radius 3 is 2.50 bits per heavy atom. The van der Waals surface area contributed by atoms with Gasteiger partial charge < -0.3 is 4.74 Å². The van der Waals surface area contributed by atoms with E-state index in [2.05, 4.69) is 9.84 Å². The van der Waals surface area contributed by atoms with Gasteiger partial charge in [0.2, 0.25) is 0 Å². The normalized spacial score (nSPS) is 11.9. The molecule has 128 valence electrons. The van der Waals surface area contributed by atoms with Crippen molar-refractivity contribution in [3.05, 3.63) is 45.8 Å². The first-order valence-corrected chi connectivity index (χ1v) is 6.87. The van der Waals surface area contributed by atoms with Crippen molar-refractivity contribution < 1.29 is 22.7 Å². The number of alkyl halides is 3. The van der Waals surface area contributed by atoms with Crippen LogP contribution in [0.15, 0.2) is 35.1 Å². The number of nitrogens with zero attached hydrogens (tertiary/aromatic N) is 3. The van der Waals surface area contributed by atoms with Crippen molar-refractivity contribution in [2.24, 2.45) is 0 Å². The highest BCUT2D eigenvalue weighted by Gasteiger charge is 2.23. The van der Waals surface area contributed by atoms with E-state index < -0.39 is 24.4 Å². The maximum absolute atomic E-state index is 12.4. The van der Waals surface area contributed by atoms with Crippen molar-refractivity contribution >= 4 is 23.8 Å². The zero-order valence-electron chi connectivity index (χ0n) is 12.2. The van der Waals surface area contributed by atoms with E-state index in [-0.39, 0.29) is 11.9 Å². The molecule has 0 N–H and O–H groups in total. The number of esters is 1. The molecule has 6 nitrogen and oxygen atoms in total. The molecule has 0 saturated heterocycles. The van der Waals surface area contributed by atoms with Crippen LogP contribution in [0, 0.1) is 0 Å². The summed E-state index contributed by atoms with van der Waals surface area (Å²) in [7, 11) is 1.12. The predicted octanol–water partition coefficient (Wildman–Crippen LogP) is 2.57. The molecule has 0 saturated carbocycles. The summed E-state index contributed by atoms with van der Waals surface area (Å²) in [6, 6.07) is 5.98. The van der Waals surface area contributed by atoms with Gasteiger partial charge in [-0.2, -0.15) is 13.2 Å². The van der Waals surface area contributed by atoms with Gasteiger partial charge in [0, 0.05) is 22.9 Å². The molecule has 0 amide bonds. The number of carbonyl (C=O) groups is 1. The van der Waals surface area contributed by atoms with E-state index in [1.54, 1.807) is 0 Å². The molecule has 10 heteroatoms. The summed E-state index contributed by atoms with van der Waals surface area (Å²) in [6.07, 6.45) is -4.16. The zero-order valence-corrected chi connectivity index (χ0v) is 13.0. The van der Waals surface area contributed by atoms with Gasteiger partial charge in [-0.05, 0) is 24.3 Å². The van der Waals surface area contributed by atoms with Crippen LogP contribution in [0.5, 0.6) is 0 Å². The largest absolute Gasteiger partial charge is 0.468 e. The van der Waals surface area contributed by atoms with Crippen LogP contribution in [0.25, 0.3) is 17.6 Å². The fraction of sp³-hybridized carbons (Fsp3) is 0.214. The average molecular weight is 362 g/mol. The quantitative estimate of drug-likeness (QED) is 0.785. The minimum atomic E-state index is -4.61. The Kier molecular flexibility index (Phi) is 5.13. The van der Waals surface area contributed by atoms with E-state index in [1.807, 2.05) is 0 Å². The minimum absolute atomic E-state index is 0.0685. The molecule has 24 heavy (non-hydrogen) atoms. The molecule has 0 fully saturated rings. The number of ether oxygens (including phenoxy) is 1. The molecule has 1 heterocycles. The van der Waals surface area contributed by atoms with Gasteiger partial charge in [0.1, 0.15) is 6.54 Å². The molecule has 2 rings (SSSR count). The van der Waals surface area contributed by atoms with E-state index in [0.717, 1.165) is 11.8 Å². The summed E-state index contributed by atoms with van der Waals surface area (Å²) in [5.41, 5.74) is -0.558. The summed E-state index contributed by atoms with van der Waals surface area (Å²) in [5, 5.41) is 4.31. The monoisotopic (exact) mass is 361 g/mol. The number of carbonyl (C=O) groups excluding carboxylic acids is 1. The van der Waals surface area contributed by atoms with Gasteiger partial charge in [-0.15, -0.1) is 5.10 Å². The Balaban J connectivity index is 2.56. The van der Waals surface area contributed by atoms with Crippen LogP contribution >= 0.6 is 11.6 Å². The first-order valence-electron chi connectivity index (χ1n) is 6.49. The fourth-order valence-electron chi connectivity index (χ4n) is 1.80. The number of allylic oxidation sites excluding steroid dienone is 1. The predicted molar refractivity (Wildman–Crippen MR) is 80.3 cm³/mol. The standard InChI is InChI=1S/C14H11ClF3N3O3/c1-24-11(22)8-21-13(23)20(7-6-14(16,17)18)12(19-21)9-2-4-10(15)5-3-9/h2-7H,8H2,1H3. The van der Waals surface area contributed by atoms with E-state index in [9.17, 15) is 22.8 Å². The lowest BCUT2D eigenvalue weighted by Crippen LogP contribution is -2.26. The van der Waals surface area contributed by atoms with Crippen LogP contribution in [-0.4, -0.2) is 33.6 Å². The molecule has 0 aliphatic carbocycles. The fourth-order valence-corrected chi connectivity index (χ4v) is 1.93. The Bertz CT molecular complexity index is 823. The van der Waals surface area contributed by atoms with Gasteiger partial charge in [-0.25, -0.2) is 14.0 Å². The number of methoxy groups -OCH3 is 1. The molecule has 0 atom stereocenters. The number of benzene rings is 1. The van der Waals surface area contributed by atoms with Crippen LogP contribution in [0.4, 0.5) is 13.2 Å². The minimum Gasteiger partial charge on any atom is -0.468 e. The lowest BCUT2D eigenvalue weighted by Gasteiger charge is -2.02. The molecule has 2 aromatic rings. The van der Waals surface area contributed by atoms with Crippen molar-refractivity contribution in [1.29, 1.82) is 0 Å². The van der Waals surface area contributed by atoms with Crippen LogP contribution in [-0.2, 0) is 16.1 Å². The van der Waals surface area contributed by atoms with Crippen molar-refractivity contribution in [2.45, 2.75) is 12.7 Å². The Morgan fingerprint density at radius 1 is 1.33 bits per heavy atom. The first-order chi connectivity index (χ1) is 11.2. The zero-order chi connectivity index (χ0) is 17.9. The smallest absolute Gasteiger partial charge is 0.411 e. The van der Waals surface area contributed by atoms with Crippen LogP contribution in [0.3, 0.4) is 0 Å². The molecule has 0 spiro atoms. The highest BCUT2D eigenvalue weighted by Crippen LogP contribution is 2.21. The van der Waals surface area contributed by atoms with Crippen molar-refractivity contribution in [1.82, 2.24) is 14.3 Å². The number of aromatic nitrogens is 3. The summed E-state index contributed by atoms with van der Waals surface area (Å²) in [5.74, 6) is -0.828. The van der Waals surface area contributed by atoms with Crippen molar-refractivity contribution in [3.8, 4) is 11.4 Å². The highest BCUT2D eigenvalue weighted by atomic mass is 35.5. The number of halogens is 4. The third-order valence-electron chi connectivity index (χ3n) is 2.89. The lowest BCUT2D eigenvalue weighted by atomic mass is 10.2. The maximum Gasteiger partial charge on any atom is 0.411 e. The second-order valence-corrected chi connectivity index (χ2v) is 5.01. The van der Waals surface area contributed by atoms with Gasteiger partial charge in [-0.1, -0.05) is 11.6 Å². The Labute approximate surface area is 138 Å². The summed E-state index contributed by atoms with van der Waals surface area (Å²) in [4.78, 5) is 23.5. The van der Waals surface area contributed by atoms with Crippen LogP contribution in [0.1, 0.15) is 0 Å². The van der Waals surface area contributed by atoms with Gasteiger partial charge >= 0.3 is 17.8 Å². The van der Waals surface area contributed by atoms with E-state index in [0.29, 0.717) is 21.4 Å². The van der Waals surface area contributed by atoms with Gasteiger partial charge in [0.15, 0.2) is 5.82 Å². The number of hydrogen-bond acceptors (Lipinski definition) is 4. The lowest BCUT2D eigenvalue weighted by molar-refractivity contribution is -0.141. The first kappa shape index (κ1) is 17.8. The third kappa shape index (κ3) is 4.25. The Hall–Kier alpha value is -2.55. The van der Waals surface area contributed by atoms with Gasteiger partial charge in [-0.3, -0.25) is 4.79 Å². The van der Waals surface area contributed by atoms with Gasteiger partial charge in [0.25, 0.3) is 0 Å². The van der Waals surface area contributed by atoms with Gasteiger partial charge in [0.05, 0.1) is 7.11 Å². The molecule has 0 aliphatic rings. The van der Waals surface area contributed by atoms with E-state index >= 15 is 0 Å². The molecule has 1 aromatic carbocycles. The summed E-state index contributed by atoms with van der Waals surface area (Å²) in [6.45, 7) is -0.525. The van der Waals surface area contributed by atoms with Crippen molar-refractivity contribution in [3.63, 3.8) is 0 Å². The second kappa shape index (κ2) is 6.91. The molecule has 0 unspecified atom stereocenters.